The van der Waals surface area contributed by atoms with E-state index in [4.69, 9.17) is 0 Å². The van der Waals surface area contributed by atoms with Gasteiger partial charge in [0.15, 0.2) is 0 Å². The first-order valence-corrected chi connectivity index (χ1v) is 7.28. The van der Waals surface area contributed by atoms with Gasteiger partial charge in [-0.2, -0.15) is 0 Å². The number of hydrogen-bond acceptors (Lipinski definition) is 0. The molecule has 0 aliphatic heterocycles. The van der Waals surface area contributed by atoms with Crippen molar-refractivity contribution in [3.8, 4) is 11.1 Å². The van der Waals surface area contributed by atoms with Crippen LogP contribution in [0.1, 0.15) is 23.1 Å². The Morgan fingerprint density at radius 1 is 0.700 bits per heavy atom. The van der Waals surface area contributed by atoms with Crippen LogP contribution in [0.15, 0.2) is 60.7 Å². The summed E-state index contributed by atoms with van der Waals surface area (Å²) >= 11 is 0. The first-order chi connectivity index (χ1) is 9.93. The maximum atomic E-state index is 2.42. The van der Waals surface area contributed by atoms with E-state index in [0.717, 1.165) is 6.42 Å². The molecule has 0 bridgehead atoms. The van der Waals surface area contributed by atoms with Crippen molar-refractivity contribution in [3.05, 3.63) is 77.4 Å². The lowest BCUT2D eigenvalue weighted by Crippen LogP contribution is -1.97. The summed E-state index contributed by atoms with van der Waals surface area (Å²) in [6.45, 7) is 0. The van der Waals surface area contributed by atoms with Gasteiger partial charge in [0.1, 0.15) is 0 Å². The average molecular weight is 254 g/mol. The molecule has 20 heavy (non-hydrogen) atoms. The summed E-state index contributed by atoms with van der Waals surface area (Å²) in [4.78, 5) is 0. The predicted octanol–water partition coefficient (Wildman–Crippen LogP) is 5.20. The predicted molar refractivity (Wildman–Crippen MR) is 84.8 cm³/mol. The van der Waals surface area contributed by atoms with Gasteiger partial charge in [-0.25, -0.2) is 0 Å². The summed E-state index contributed by atoms with van der Waals surface area (Å²) in [5, 5.41) is 2.72. The molecule has 0 atom stereocenters. The lowest BCUT2D eigenvalue weighted by Gasteiger charge is -2.14. The fourth-order valence-corrected chi connectivity index (χ4v) is 3.84. The van der Waals surface area contributed by atoms with Crippen LogP contribution < -0.4 is 0 Å². The van der Waals surface area contributed by atoms with Crippen molar-refractivity contribution in [3.63, 3.8) is 0 Å². The quantitative estimate of drug-likeness (QED) is 0.404. The van der Waals surface area contributed by atoms with E-state index in [0.29, 0.717) is 0 Å². The largest absolute Gasteiger partial charge is 0.0757 e. The molecule has 0 heteroatoms. The molecular weight excluding hydrogens is 240 g/mol. The monoisotopic (exact) mass is 254 g/mol. The summed E-state index contributed by atoms with van der Waals surface area (Å²) in [5.74, 6) is 0. The summed E-state index contributed by atoms with van der Waals surface area (Å²) in [6, 6.07) is 20.1. The van der Waals surface area contributed by atoms with Gasteiger partial charge in [0, 0.05) is 0 Å². The lowest BCUT2D eigenvalue weighted by atomic mass is 9.90. The SMILES string of the molecule is C1=C2c3ccc4ccccc4c3-c3cccc(c32)CC1. The van der Waals surface area contributed by atoms with Crippen LogP contribution in [0, 0.1) is 0 Å². The molecule has 0 fully saturated rings. The van der Waals surface area contributed by atoms with E-state index >= 15 is 0 Å². The Morgan fingerprint density at radius 2 is 1.65 bits per heavy atom. The molecule has 3 aromatic carbocycles. The summed E-state index contributed by atoms with van der Waals surface area (Å²) in [7, 11) is 0. The molecule has 2 aliphatic carbocycles. The molecule has 0 aromatic heterocycles. The average Bonchev–Trinajstić information content (AvgIpc) is 2.85. The third-order valence-corrected chi connectivity index (χ3v) is 4.67. The minimum atomic E-state index is 1.16. The van der Waals surface area contributed by atoms with Gasteiger partial charge >= 0.3 is 0 Å². The van der Waals surface area contributed by atoms with Gasteiger partial charge in [0.05, 0.1) is 0 Å². The van der Waals surface area contributed by atoms with Crippen molar-refractivity contribution in [1.29, 1.82) is 0 Å². The Hall–Kier alpha value is -2.34. The summed E-state index contributed by atoms with van der Waals surface area (Å²) in [6.07, 6.45) is 4.77. The Bertz CT molecular complexity index is 897. The molecule has 3 aromatic rings. The maximum absolute atomic E-state index is 2.42. The Labute approximate surface area is 118 Å². The highest BCUT2D eigenvalue weighted by Gasteiger charge is 2.28. The van der Waals surface area contributed by atoms with Crippen LogP contribution in [0.3, 0.4) is 0 Å². The molecule has 0 unspecified atom stereocenters. The zero-order chi connectivity index (χ0) is 13.1. The van der Waals surface area contributed by atoms with Gasteiger partial charge in [0.25, 0.3) is 0 Å². The van der Waals surface area contributed by atoms with Gasteiger partial charge in [-0.05, 0) is 57.0 Å². The van der Waals surface area contributed by atoms with Crippen molar-refractivity contribution in [2.75, 3.05) is 0 Å². The normalized spacial score (nSPS) is 14.9. The van der Waals surface area contributed by atoms with Crippen LogP contribution in [0.2, 0.25) is 0 Å². The lowest BCUT2D eigenvalue weighted by molar-refractivity contribution is 0.982. The van der Waals surface area contributed by atoms with Gasteiger partial charge < -0.3 is 0 Å². The van der Waals surface area contributed by atoms with E-state index in [1.165, 1.54) is 50.6 Å². The first kappa shape index (κ1) is 10.4. The second kappa shape index (κ2) is 3.61. The van der Waals surface area contributed by atoms with Gasteiger partial charge in [-0.15, -0.1) is 0 Å². The van der Waals surface area contributed by atoms with Crippen molar-refractivity contribution < 1.29 is 0 Å². The van der Waals surface area contributed by atoms with E-state index in [9.17, 15) is 0 Å². The van der Waals surface area contributed by atoms with Crippen LogP contribution >= 0.6 is 0 Å². The number of fused-ring (bicyclic) bond motifs is 5. The van der Waals surface area contributed by atoms with Gasteiger partial charge in [-0.1, -0.05) is 60.7 Å². The van der Waals surface area contributed by atoms with E-state index in [-0.39, 0.29) is 0 Å². The number of allylic oxidation sites excluding steroid dienone is 1. The number of rotatable bonds is 0. The molecule has 0 heterocycles. The third-order valence-electron chi connectivity index (χ3n) is 4.67. The van der Waals surface area contributed by atoms with Crippen molar-refractivity contribution in [2.45, 2.75) is 12.8 Å². The molecular formula is C20H14. The molecule has 0 amide bonds. The fourth-order valence-electron chi connectivity index (χ4n) is 3.84. The van der Waals surface area contributed by atoms with Crippen LogP contribution in [0.5, 0.6) is 0 Å². The standard InChI is InChI=1S/C20H14/c1-2-8-15-13(5-1)11-12-17-16-9-3-6-14-7-4-10-18(19(14)16)20(15)17/h1-2,4-5,7-12H,3,6H2. The van der Waals surface area contributed by atoms with Crippen molar-refractivity contribution in [2.24, 2.45) is 0 Å². The topological polar surface area (TPSA) is 0 Å². The summed E-state index contributed by atoms with van der Waals surface area (Å²) < 4.78 is 0. The van der Waals surface area contributed by atoms with E-state index in [1.807, 2.05) is 0 Å². The third kappa shape index (κ3) is 1.17. The van der Waals surface area contributed by atoms with Crippen LogP contribution in [-0.2, 0) is 6.42 Å². The van der Waals surface area contributed by atoms with Gasteiger partial charge in [0.2, 0.25) is 0 Å². The molecule has 2 aliphatic rings. The Balaban J connectivity index is 2.01. The van der Waals surface area contributed by atoms with Crippen molar-refractivity contribution >= 4 is 16.3 Å². The molecule has 0 nitrogen and oxygen atoms in total. The summed E-state index contributed by atoms with van der Waals surface area (Å²) in [5.41, 5.74) is 8.76. The molecule has 5 rings (SSSR count). The molecule has 94 valence electrons. The first-order valence-electron chi connectivity index (χ1n) is 7.28. The number of hydrogen-bond donors (Lipinski definition) is 0. The smallest absolute Gasteiger partial charge is 0.00204 e. The van der Waals surface area contributed by atoms with Crippen molar-refractivity contribution in [1.82, 2.24) is 0 Å². The number of aryl methyl sites for hydroxylation is 1. The maximum Gasteiger partial charge on any atom is -0.00204 e. The molecule has 0 saturated heterocycles. The highest BCUT2D eigenvalue weighted by atomic mass is 14.3. The zero-order valence-corrected chi connectivity index (χ0v) is 11.2. The highest BCUT2D eigenvalue weighted by molar-refractivity contribution is 6.12. The van der Waals surface area contributed by atoms with Crippen LogP contribution in [-0.4, -0.2) is 0 Å². The molecule has 0 radical (unpaired) electrons. The molecule has 0 saturated carbocycles. The van der Waals surface area contributed by atoms with Crippen LogP contribution in [0.4, 0.5) is 0 Å². The highest BCUT2D eigenvalue weighted by Crippen LogP contribution is 2.50. The second-order valence-electron chi connectivity index (χ2n) is 5.71. The molecule has 0 N–H and O–H groups in total. The Kier molecular flexibility index (Phi) is 1.88. The second-order valence-corrected chi connectivity index (χ2v) is 5.71. The number of benzene rings is 3. The van der Waals surface area contributed by atoms with E-state index < -0.39 is 0 Å². The van der Waals surface area contributed by atoms with E-state index in [1.54, 1.807) is 0 Å². The van der Waals surface area contributed by atoms with Gasteiger partial charge in [-0.3, -0.25) is 0 Å². The van der Waals surface area contributed by atoms with Crippen LogP contribution in [0.25, 0.3) is 27.5 Å². The zero-order valence-electron chi connectivity index (χ0n) is 11.2. The van der Waals surface area contributed by atoms with E-state index in [2.05, 4.69) is 60.7 Å². The molecule has 0 spiro atoms. The minimum Gasteiger partial charge on any atom is -0.0757 e. The fraction of sp³-hybridized carbons (Fsp3) is 0.100. The minimum absolute atomic E-state index is 1.16. The Morgan fingerprint density at radius 3 is 2.65 bits per heavy atom.